The fraction of sp³-hybridized carbons (Fsp3) is 0.273. The Kier molecular flexibility index (Phi) is 8.46. The van der Waals surface area contributed by atoms with E-state index in [-0.39, 0.29) is 30.5 Å². The summed E-state index contributed by atoms with van der Waals surface area (Å²) in [4.78, 5) is 22.6. The number of rotatable bonds is 11. The lowest BCUT2D eigenvalue weighted by Crippen LogP contribution is -2.19. The number of non-ortho nitro benzene ring substituents is 1. The van der Waals surface area contributed by atoms with Crippen molar-refractivity contribution in [3.8, 4) is 11.5 Å². The van der Waals surface area contributed by atoms with Crippen molar-refractivity contribution in [1.29, 1.82) is 0 Å². The van der Waals surface area contributed by atoms with Crippen LogP contribution in [-0.2, 0) is 17.6 Å². The molecular weight excluding hydrogens is 460 g/mol. The molecule has 0 saturated carbocycles. The smallest absolute Gasteiger partial charge is 0.270 e. The largest absolute Gasteiger partial charge is 0.490 e. The highest BCUT2D eigenvalue weighted by atomic mass is 32.1. The quantitative estimate of drug-likeness (QED) is 0.182. The number of carbonyl (C=O) groups excluding carboxylic acids is 1. The summed E-state index contributed by atoms with van der Waals surface area (Å²) >= 11 is 1.10. The Morgan fingerprint density at radius 2 is 2.03 bits per heavy atom. The molecular formula is C22H24N6O5S. The van der Waals surface area contributed by atoms with E-state index in [1.54, 1.807) is 0 Å². The summed E-state index contributed by atoms with van der Waals surface area (Å²) in [5, 5.41) is 23.2. The second-order valence-electron chi connectivity index (χ2n) is 7.19. The third-order valence-corrected chi connectivity index (χ3v) is 5.27. The number of hydrazone groups is 1. The number of nitro benzene ring substituents is 1. The maximum Gasteiger partial charge on any atom is 0.270 e. The second-order valence-corrected chi connectivity index (χ2v) is 8.28. The average Bonchev–Trinajstić information content (AvgIpc) is 3.21. The first-order valence-electron chi connectivity index (χ1n) is 10.4. The molecule has 0 saturated heterocycles. The lowest BCUT2D eigenvalue weighted by atomic mass is 10.1. The molecule has 12 heteroatoms. The minimum absolute atomic E-state index is 0.0411. The Morgan fingerprint density at radius 3 is 2.74 bits per heavy atom. The SMILES string of the molecule is CCc1cc(C)cc(OCCOc2ccc([N+](=O)[O-])cc2C=NNC(=O)Cc2nnc(N)s2)c1. The van der Waals surface area contributed by atoms with Crippen molar-refractivity contribution in [3.63, 3.8) is 0 Å². The van der Waals surface area contributed by atoms with E-state index in [1.165, 1.54) is 30.0 Å². The van der Waals surface area contributed by atoms with Crippen LogP contribution in [0, 0.1) is 17.0 Å². The molecule has 0 atom stereocenters. The zero-order valence-corrected chi connectivity index (χ0v) is 19.5. The molecule has 0 spiro atoms. The molecule has 2 aromatic carbocycles. The molecule has 0 aliphatic carbocycles. The first kappa shape index (κ1) is 24.6. The minimum atomic E-state index is -0.522. The number of nitrogen functional groups attached to an aromatic ring is 1. The van der Waals surface area contributed by atoms with E-state index in [0.29, 0.717) is 16.3 Å². The molecule has 178 valence electrons. The predicted octanol–water partition coefficient (Wildman–Crippen LogP) is 3.05. The van der Waals surface area contributed by atoms with Crippen LogP contribution in [0.25, 0.3) is 0 Å². The van der Waals surface area contributed by atoms with Crippen LogP contribution in [0.2, 0.25) is 0 Å². The Labute approximate surface area is 199 Å². The van der Waals surface area contributed by atoms with Crippen molar-refractivity contribution < 1.29 is 19.2 Å². The molecule has 1 heterocycles. The number of aryl methyl sites for hydroxylation is 2. The first-order chi connectivity index (χ1) is 16.3. The van der Waals surface area contributed by atoms with Gasteiger partial charge in [0.15, 0.2) is 0 Å². The van der Waals surface area contributed by atoms with Gasteiger partial charge in [-0.15, -0.1) is 10.2 Å². The van der Waals surface area contributed by atoms with Gasteiger partial charge in [0.25, 0.3) is 5.69 Å². The number of nitrogens with two attached hydrogens (primary N) is 1. The van der Waals surface area contributed by atoms with Crippen LogP contribution in [0.3, 0.4) is 0 Å². The lowest BCUT2D eigenvalue weighted by Gasteiger charge is -2.11. The summed E-state index contributed by atoms with van der Waals surface area (Å²) in [5.41, 5.74) is 10.3. The van der Waals surface area contributed by atoms with Gasteiger partial charge in [-0.2, -0.15) is 5.10 Å². The number of nitrogens with zero attached hydrogens (tertiary/aromatic N) is 4. The third-order valence-electron chi connectivity index (χ3n) is 4.52. The van der Waals surface area contributed by atoms with E-state index in [4.69, 9.17) is 15.2 Å². The summed E-state index contributed by atoms with van der Waals surface area (Å²) in [6.07, 6.45) is 2.15. The van der Waals surface area contributed by atoms with E-state index in [0.717, 1.165) is 29.1 Å². The molecule has 1 aromatic heterocycles. The Bertz CT molecular complexity index is 1200. The van der Waals surface area contributed by atoms with Gasteiger partial charge in [0, 0.05) is 17.7 Å². The average molecular weight is 485 g/mol. The van der Waals surface area contributed by atoms with E-state index < -0.39 is 10.8 Å². The molecule has 0 aliphatic rings. The van der Waals surface area contributed by atoms with Crippen molar-refractivity contribution in [1.82, 2.24) is 15.6 Å². The van der Waals surface area contributed by atoms with Crippen LogP contribution in [0.15, 0.2) is 41.5 Å². The van der Waals surface area contributed by atoms with Crippen molar-refractivity contribution in [2.24, 2.45) is 5.10 Å². The normalized spacial score (nSPS) is 10.9. The topological polar surface area (TPSA) is 155 Å². The van der Waals surface area contributed by atoms with Gasteiger partial charge in [-0.1, -0.05) is 24.3 Å². The number of amides is 1. The van der Waals surface area contributed by atoms with E-state index >= 15 is 0 Å². The summed E-state index contributed by atoms with van der Waals surface area (Å²) in [5.74, 6) is 0.687. The number of nitro groups is 1. The summed E-state index contributed by atoms with van der Waals surface area (Å²) in [6, 6.07) is 10.2. The highest BCUT2D eigenvalue weighted by Gasteiger charge is 2.12. The van der Waals surface area contributed by atoms with Gasteiger partial charge in [0.1, 0.15) is 29.7 Å². The van der Waals surface area contributed by atoms with Gasteiger partial charge in [-0.05, 0) is 42.7 Å². The highest BCUT2D eigenvalue weighted by Crippen LogP contribution is 2.23. The molecule has 0 bridgehead atoms. The van der Waals surface area contributed by atoms with Crippen LogP contribution in [0.4, 0.5) is 10.8 Å². The predicted molar refractivity (Wildman–Crippen MR) is 128 cm³/mol. The van der Waals surface area contributed by atoms with E-state index in [9.17, 15) is 14.9 Å². The summed E-state index contributed by atoms with van der Waals surface area (Å²) < 4.78 is 11.5. The molecule has 3 aromatic rings. The fourth-order valence-corrected chi connectivity index (χ4v) is 3.60. The zero-order valence-electron chi connectivity index (χ0n) is 18.7. The van der Waals surface area contributed by atoms with Crippen LogP contribution in [0.1, 0.15) is 28.6 Å². The maximum atomic E-state index is 12.0. The molecule has 0 unspecified atom stereocenters. The molecule has 3 N–H and O–H groups in total. The van der Waals surface area contributed by atoms with Crippen LogP contribution < -0.4 is 20.6 Å². The monoisotopic (exact) mass is 484 g/mol. The van der Waals surface area contributed by atoms with E-state index in [1.807, 2.05) is 19.1 Å². The molecule has 0 radical (unpaired) electrons. The number of carbonyl (C=O) groups is 1. The number of aromatic nitrogens is 2. The third kappa shape index (κ3) is 7.24. The first-order valence-corrected chi connectivity index (χ1v) is 11.2. The van der Waals surface area contributed by atoms with Gasteiger partial charge in [0.2, 0.25) is 11.0 Å². The maximum absolute atomic E-state index is 12.0. The Balaban J connectivity index is 1.60. The van der Waals surface area contributed by atoms with Crippen molar-refractivity contribution in [2.75, 3.05) is 18.9 Å². The molecule has 0 fully saturated rings. The summed E-state index contributed by atoms with van der Waals surface area (Å²) in [6.45, 7) is 4.57. The standard InChI is InChI=1S/C22H24N6O5S/c1-3-15-8-14(2)9-18(10-15)32-6-7-33-19-5-4-17(28(30)31)11-16(19)13-24-25-20(29)12-21-26-27-22(23)34-21/h4-5,8-11,13H,3,6-7,12H2,1-2H3,(H2,23,27)(H,25,29). The van der Waals surface area contributed by atoms with Gasteiger partial charge < -0.3 is 15.2 Å². The number of hydrogen-bond donors (Lipinski definition) is 2. The Hall–Kier alpha value is -4.06. The van der Waals surface area contributed by atoms with Crippen molar-refractivity contribution in [3.05, 3.63) is 68.2 Å². The van der Waals surface area contributed by atoms with Crippen LogP contribution in [-0.4, -0.2) is 40.5 Å². The molecule has 11 nitrogen and oxygen atoms in total. The number of nitrogens with one attached hydrogen (secondary N) is 1. The molecule has 1 amide bonds. The van der Waals surface area contributed by atoms with Crippen molar-refractivity contribution >= 4 is 34.3 Å². The Morgan fingerprint density at radius 1 is 1.24 bits per heavy atom. The van der Waals surface area contributed by atoms with Crippen LogP contribution >= 0.6 is 11.3 Å². The second kappa shape index (κ2) is 11.7. The van der Waals surface area contributed by atoms with Gasteiger partial charge in [-0.25, -0.2) is 5.43 Å². The number of hydrogen-bond acceptors (Lipinski definition) is 10. The molecule has 3 rings (SSSR count). The van der Waals surface area contributed by atoms with Gasteiger partial charge in [0.05, 0.1) is 17.6 Å². The molecule has 34 heavy (non-hydrogen) atoms. The number of anilines is 1. The highest BCUT2D eigenvalue weighted by molar-refractivity contribution is 7.15. The van der Waals surface area contributed by atoms with Crippen LogP contribution in [0.5, 0.6) is 11.5 Å². The van der Waals surface area contributed by atoms with Crippen molar-refractivity contribution in [2.45, 2.75) is 26.7 Å². The summed E-state index contributed by atoms with van der Waals surface area (Å²) in [7, 11) is 0. The minimum Gasteiger partial charge on any atom is -0.490 e. The molecule has 0 aliphatic heterocycles. The number of ether oxygens (including phenoxy) is 2. The zero-order chi connectivity index (χ0) is 24.5. The van der Waals surface area contributed by atoms with Gasteiger partial charge >= 0.3 is 0 Å². The van der Waals surface area contributed by atoms with Gasteiger partial charge in [-0.3, -0.25) is 14.9 Å². The number of benzene rings is 2. The van der Waals surface area contributed by atoms with E-state index in [2.05, 4.69) is 33.7 Å². The fourth-order valence-electron chi connectivity index (χ4n) is 2.99. The lowest BCUT2D eigenvalue weighted by molar-refractivity contribution is -0.384.